The molecule has 3 aromatic carbocycles. The molecule has 0 spiro atoms. The Kier molecular flexibility index (Phi) is 2.09. The van der Waals surface area contributed by atoms with E-state index in [1.807, 2.05) is 20.8 Å². The summed E-state index contributed by atoms with van der Waals surface area (Å²) in [7, 11) is 0. The van der Waals surface area contributed by atoms with E-state index in [-0.39, 0.29) is 58.4 Å². The average Bonchev–Trinajstić information content (AvgIpc) is 2.73. The second-order valence-electron chi connectivity index (χ2n) is 6.55. The Morgan fingerprint density at radius 2 is 1.17 bits per heavy atom. The van der Waals surface area contributed by atoms with Crippen molar-refractivity contribution in [3.63, 3.8) is 0 Å². The number of rotatable bonds is 2. The maximum atomic E-state index is 8.44. The lowest BCUT2D eigenvalue weighted by Crippen LogP contribution is -2.11. The van der Waals surface area contributed by atoms with Gasteiger partial charge in [-0.2, -0.15) is 0 Å². The third kappa shape index (κ3) is 3.53. The molecule has 0 amide bonds. The summed E-state index contributed by atoms with van der Waals surface area (Å²) in [5, 5.41) is 0. The molecule has 0 unspecified atom stereocenters. The van der Waals surface area contributed by atoms with E-state index in [4.69, 9.17) is 12.3 Å². The van der Waals surface area contributed by atoms with Crippen LogP contribution in [0.3, 0.4) is 0 Å². The lowest BCUT2D eigenvalue weighted by molar-refractivity contribution is 0.590. The van der Waals surface area contributed by atoms with Crippen LogP contribution in [0.25, 0.3) is 22.3 Å². The van der Waals surface area contributed by atoms with Gasteiger partial charge in [-0.3, -0.25) is 0 Å². The highest BCUT2D eigenvalue weighted by molar-refractivity contribution is 5.74. The van der Waals surface area contributed by atoms with E-state index in [1.54, 1.807) is 18.2 Å². The van der Waals surface area contributed by atoms with Gasteiger partial charge in [0.25, 0.3) is 0 Å². The van der Waals surface area contributed by atoms with Gasteiger partial charge < -0.3 is 0 Å². The Morgan fingerprint density at radius 3 is 1.70 bits per heavy atom. The van der Waals surface area contributed by atoms with Crippen LogP contribution in [-0.4, -0.2) is 0 Å². The first kappa shape index (κ1) is 7.97. The third-order valence-electron chi connectivity index (χ3n) is 3.63. The maximum absolute atomic E-state index is 8.44. The summed E-state index contributed by atoms with van der Waals surface area (Å²) in [4.78, 5) is 0. The molecule has 0 bridgehead atoms. The van der Waals surface area contributed by atoms with Crippen LogP contribution < -0.4 is 0 Å². The fourth-order valence-corrected chi connectivity index (χ4v) is 2.26. The molecule has 0 aliphatic rings. The molecule has 0 saturated heterocycles. The second-order valence-corrected chi connectivity index (χ2v) is 6.55. The summed E-state index contributed by atoms with van der Waals surface area (Å²) in [5.41, 5.74) is 1.55. The normalized spacial score (nSPS) is 17.0. The largest absolute Gasteiger partial charge is 0.0629 e. The third-order valence-corrected chi connectivity index (χ3v) is 3.63. The van der Waals surface area contributed by atoms with Crippen molar-refractivity contribution in [2.75, 3.05) is 0 Å². The van der Waals surface area contributed by atoms with E-state index < -0.39 is 18.1 Å². The molecule has 0 fully saturated rings. The highest BCUT2D eigenvalue weighted by Gasteiger charge is 2.16. The Morgan fingerprint density at radius 1 is 0.652 bits per heavy atom. The molecule has 0 aromatic heterocycles. The second kappa shape index (κ2) is 6.04. The number of hydrogen-bond donors (Lipinski definition) is 0. The van der Waals surface area contributed by atoms with E-state index in [9.17, 15) is 0 Å². The van der Waals surface area contributed by atoms with Crippen LogP contribution in [0.2, 0.25) is 0 Å². The summed E-state index contributed by atoms with van der Waals surface area (Å²) in [6, 6.07) is 2.44. The minimum Gasteiger partial charge on any atom is -0.0622 e. The van der Waals surface area contributed by atoms with Crippen LogP contribution in [-0.2, 0) is 5.41 Å². The van der Waals surface area contributed by atoms with Gasteiger partial charge in [0, 0.05) is 0 Å². The van der Waals surface area contributed by atoms with Gasteiger partial charge in [-0.15, -0.1) is 0 Å². The van der Waals surface area contributed by atoms with Gasteiger partial charge in [0.05, 0.1) is 12.3 Å². The Hall–Kier alpha value is -2.34. The van der Waals surface area contributed by atoms with Crippen molar-refractivity contribution in [1.82, 2.24) is 0 Å². The Labute approximate surface area is 152 Å². The average molecular weight is 309 g/mol. The molecule has 0 heterocycles. The topological polar surface area (TPSA) is 0 Å². The van der Waals surface area contributed by atoms with E-state index in [0.717, 1.165) is 5.56 Å². The van der Waals surface area contributed by atoms with Crippen LogP contribution in [0.1, 0.15) is 44.2 Å². The molecule has 0 heteroatoms. The van der Waals surface area contributed by atoms with E-state index in [0.29, 0.717) is 11.1 Å². The van der Waals surface area contributed by atoms with Crippen molar-refractivity contribution in [2.24, 2.45) is 0 Å². The monoisotopic (exact) mass is 309 g/mol. The first-order chi connectivity index (χ1) is 14.7. The van der Waals surface area contributed by atoms with Crippen molar-refractivity contribution >= 4 is 0 Å². The Balaban J connectivity index is 2.47. The van der Waals surface area contributed by atoms with Crippen LogP contribution in [0.5, 0.6) is 0 Å². The molecule has 0 atom stereocenters. The van der Waals surface area contributed by atoms with Gasteiger partial charge in [-0.1, -0.05) is 92.8 Å². The van der Waals surface area contributed by atoms with Crippen molar-refractivity contribution < 1.29 is 12.3 Å². The SMILES string of the molecule is [2H]c1c([2H])c([2H])c(-c2cc(-c3c([2H])c([2H])c(C)c([2H])c3[2H])cc(C(C)(C)C)c2)c([2H])c1[2H]. The summed E-state index contributed by atoms with van der Waals surface area (Å²) in [5.74, 6) is 0. The molecule has 0 saturated carbocycles. The molecule has 23 heavy (non-hydrogen) atoms. The highest BCUT2D eigenvalue weighted by atomic mass is 14.2. The van der Waals surface area contributed by atoms with Crippen molar-refractivity contribution in [3.8, 4) is 22.3 Å². The lowest BCUT2D eigenvalue weighted by Gasteiger charge is -2.22. The van der Waals surface area contributed by atoms with Gasteiger partial charge in [-0.05, 0) is 46.2 Å². The first-order valence-electron chi connectivity index (χ1n) is 12.0. The number of benzene rings is 3. The van der Waals surface area contributed by atoms with Crippen molar-refractivity contribution in [2.45, 2.75) is 33.1 Å². The summed E-state index contributed by atoms with van der Waals surface area (Å²) >= 11 is 0. The standard InChI is InChI=1S/C23H24/c1-17-10-12-19(13-11-17)21-14-20(18-8-6-5-7-9-18)15-22(16-21)23(2,3)4/h5-16H,1-4H3/i5D,6D,7D,8D,9D,10D,11D,12D,13D. The molecule has 0 nitrogen and oxygen atoms in total. The predicted molar refractivity (Wildman–Crippen MR) is 101 cm³/mol. The van der Waals surface area contributed by atoms with E-state index in [1.165, 1.54) is 6.92 Å². The Bertz CT molecular complexity index is 1110. The molecule has 0 aliphatic heterocycles. The summed E-state index contributed by atoms with van der Waals surface area (Å²) < 4.78 is 73.8. The van der Waals surface area contributed by atoms with Crippen LogP contribution in [0.15, 0.2) is 72.6 Å². The van der Waals surface area contributed by atoms with E-state index >= 15 is 0 Å². The fourth-order valence-electron chi connectivity index (χ4n) is 2.26. The maximum Gasteiger partial charge on any atom is 0.0629 e. The highest BCUT2D eigenvalue weighted by Crippen LogP contribution is 2.33. The molecule has 0 N–H and O–H groups in total. The van der Waals surface area contributed by atoms with Crippen LogP contribution >= 0.6 is 0 Å². The predicted octanol–water partition coefficient (Wildman–Crippen LogP) is 6.63. The van der Waals surface area contributed by atoms with Gasteiger partial charge in [0.15, 0.2) is 0 Å². The zero-order chi connectivity index (χ0) is 24.3. The quantitative estimate of drug-likeness (QED) is 0.498. The van der Waals surface area contributed by atoms with E-state index in [2.05, 4.69) is 0 Å². The summed E-state index contributed by atoms with van der Waals surface area (Å²) in [6.45, 7) is 7.42. The van der Waals surface area contributed by atoms with Gasteiger partial charge in [-0.25, -0.2) is 0 Å². The number of hydrogen-bond acceptors (Lipinski definition) is 0. The fraction of sp³-hybridized carbons (Fsp3) is 0.217. The lowest BCUT2D eigenvalue weighted by atomic mass is 9.83. The van der Waals surface area contributed by atoms with Crippen molar-refractivity contribution in [3.05, 3.63) is 83.7 Å². The zero-order valence-electron chi connectivity index (χ0n) is 22.7. The summed E-state index contributed by atoms with van der Waals surface area (Å²) in [6.07, 6.45) is 0. The molecular formula is C23H24. The van der Waals surface area contributed by atoms with Gasteiger partial charge in [0.2, 0.25) is 0 Å². The zero-order valence-corrected chi connectivity index (χ0v) is 13.7. The van der Waals surface area contributed by atoms with Crippen LogP contribution in [0.4, 0.5) is 0 Å². The minimum atomic E-state index is -0.478. The smallest absolute Gasteiger partial charge is 0.0622 e. The molecule has 3 aromatic rings. The molecule has 0 aliphatic carbocycles. The molecule has 116 valence electrons. The van der Waals surface area contributed by atoms with Gasteiger partial charge >= 0.3 is 0 Å². The molecule has 0 radical (unpaired) electrons. The molecule has 3 rings (SSSR count). The molecular weight excluding hydrogens is 276 g/mol. The van der Waals surface area contributed by atoms with Gasteiger partial charge in [0.1, 0.15) is 0 Å². The minimum absolute atomic E-state index is 0.0331. The van der Waals surface area contributed by atoms with Crippen molar-refractivity contribution in [1.29, 1.82) is 0 Å². The van der Waals surface area contributed by atoms with Crippen LogP contribution in [0, 0.1) is 6.92 Å². The first-order valence-corrected chi connectivity index (χ1v) is 7.48.